The fraction of sp³-hybridized carbons (Fsp3) is 0.348. The van der Waals surface area contributed by atoms with Crippen molar-refractivity contribution in [1.82, 2.24) is 19.9 Å². The normalized spacial score (nSPS) is 17.1. The van der Waals surface area contributed by atoms with E-state index in [0.717, 1.165) is 49.6 Å². The van der Waals surface area contributed by atoms with Gasteiger partial charge in [-0.15, -0.1) is 0 Å². The first kappa shape index (κ1) is 17.3. The summed E-state index contributed by atoms with van der Waals surface area (Å²) in [5, 5.41) is 9.67. The molecule has 0 radical (unpaired) electrons. The maximum absolute atomic E-state index is 9.67. The predicted octanol–water partition coefficient (Wildman–Crippen LogP) is 3.72. The van der Waals surface area contributed by atoms with Gasteiger partial charge in [0.1, 0.15) is 11.6 Å². The second-order valence-electron chi connectivity index (χ2n) is 7.81. The van der Waals surface area contributed by atoms with E-state index in [4.69, 9.17) is 9.97 Å². The Labute approximate surface area is 165 Å². The third-order valence-corrected chi connectivity index (χ3v) is 5.69. The molecular formula is C23H24N4O. The summed E-state index contributed by atoms with van der Waals surface area (Å²) in [6.07, 6.45) is 8.01. The zero-order valence-electron chi connectivity index (χ0n) is 15.9. The van der Waals surface area contributed by atoms with Gasteiger partial charge in [-0.3, -0.25) is 9.88 Å². The van der Waals surface area contributed by atoms with Crippen LogP contribution in [-0.2, 0) is 19.4 Å². The number of phenols is 1. The van der Waals surface area contributed by atoms with Gasteiger partial charge in [-0.1, -0.05) is 0 Å². The van der Waals surface area contributed by atoms with Crippen LogP contribution in [0, 0.1) is 0 Å². The molecule has 5 nitrogen and oxygen atoms in total. The molecule has 5 heteroatoms. The van der Waals surface area contributed by atoms with E-state index in [1.165, 1.54) is 29.7 Å². The van der Waals surface area contributed by atoms with Crippen molar-refractivity contribution in [3.63, 3.8) is 0 Å². The number of aromatic hydroxyl groups is 1. The van der Waals surface area contributed by atoms with E-state index in [1.54, 1.807) is 12.1 Å². The lowest BCUT2D eigenvalue weighted by atomic mass is 10.0. The van der Waals surface area contributed by atoms with Crippen LogP contribution in [0.3, 0.4) is 0 Å². The minimum Gasteiger partial charge on any atom is -0.508 e. The van der Waals surface area contributed by atoms with Gasteiger partial charge >= 0.3 is 0 Å². The average Bonchev–Trinajstić information content (AvgIpc) is 3.57. The Hall–Kier alpha value is -2.79. The molecule has 1 N–H and O–H groups in total. The summed E-state index contributed by atoms with van der Waals surface area (Å²) in [6.45, 7) is 2.94. The molecule has 0 atom stereocenters. The van der Waals surface area contributed by atoms with E-state index >= 15 is 0 Å². The van der Waals surface area contributed by atoms with Gasteiger partial charge in [-0.25, -0.2) is 9.97 Å². The molecule has 1 saturated carbocycles. The number of rotatable bonds is 4. The Morgan fingerprint density at radius 1 is 0.929 bits per heavy atom. The van der Waals surface area contributed by atoms with Crippen molar-refractivity contribution >= 4 is 0 Å². The van der Waals surface area contributed by atoms with Crippen LogP contribution in [0.15, 0.2) is 48.8 Å². The number of benzene rings is 1. The third-order valence-electron chi connectivity index (χ3n) is 5.69. The van der Waals surface area contributed by atoms with Crippen molar-refractivity contribution in [1.29, 1.82) is 0 Å². The van der Waals surface area contributed by atoms with Crippen molar-refractivity contribution in [3.05, 3.63) is 71.4 Å². The molecule has 3 aromatic rings. The molecule has 3 heterocycles. The number of fused-ring (bicyclic) bond motifs is 1. The summed E-state index contributed by atoms with van der Waals surface area (Å²) in [4.78, 5) is 16.6. The molecule has 1 aliphatic carbocycles. The van der Waals surface area contributed by atoms with Gasteiger partial charge in [0, 0.05) is 61.2 Å². The SMILES string of the molecule is Oc1ccc(-c2nc(C3CC3)nc3c2CCN(Cc2ccncc2)CC3)cc1. The van der Waals surface area contributed by atoms with E-state index in [2.05, 4.69) is 22.0 Å². The van der Waals surface area contributed by atoms with Crippen LogP contribution in [0.4, 0.5) is 0 Å². The summed E-state index contributed by atoms with van der Waals surface area (Å²) in [5.41, 5.74) is 5.90. The lowest BCUT2D eigenvalue weighted by molar-refractivity contribution is 0.279. The maximum atomic E-state index is 9.67. The molecule has 0 amide bonds. The highest BCUT2D eigenvalue weighted by Gasteiger charge is 2.29. The molecule has 5 rings (SSSR count). The first-order valence-corrected chi connectivity index (χ1v) is 10.1. The Morgan fingerprint density at radius 2 is 1.68 bits per heavy atom. The van der Waals surface area contributed by atoms with Crippen LogP contribution in [0.5, 0.6) is 5.75 Å². The molecule has 0 saturated heterocycles. The number of aromatic nitrogens is 3. The monoisotopic (exact) mass is 372 g/mol. The minimum atomic E-state index is 0.287. The molecule has 0 unspecified atom stereocenters. The molecular weight excluding hydrogens is 348 g/mol. The lowest BCUT2D eigenvalue weighted by Crippen LogP contribution is -2.25. The van der Waals surface area contributed by atoms with Gasteiger partial charge in [-0.05, 0) is 61.2 Å². The highest BCUT2D eigenvalue weighted by molar-refractivity contribution is 5.65. The standard InChI is InChI=1S/C23H24N4O/c28-19-5-3-17(4-6-19)22-20-9-13-27(15-16-7-11-24-12-8-16)14-10-21(20)25-23(26-22)18-1-2-18/h3-8,11-12,18,28H,1-2,9-10,13-15H2. The minimum absolute atomic E-state index is 0.287. The Balaban J connectivity index is 1.46. The molecule has 0 spiro atoms. The Bertz CT molecular complexity index is 968. The van der Waals surface area contributed by atoms with E-state index in [9.17, 15) is 5.11 Å². The quantitative estimate of drug-likeness (QED) is 0.756. The maximum Gasteiger partial charge on any atom is 0.132 e. The molecule has 1 fully saturated rings. The number of phenolic OH excluding ortho intramolecular Hbond substituents is 1. The number of hydrogen-bond donors (Lipinski definition) is 1. The van der Waals surface area contributed by atoms with Crippen molar-refractivity contribution in [3.8, 4) is 17.0 Å². The summed E-state index contributed by atoms with van der Waals surface area (Å²) in [6, 6.07) is 11.6. The number of pyridine rings is 1. The summed E-state index contributed by atoms with van der Waals surface area (Å²) >= 11 is 0. The molecule has 1 aromatic carbocycles. The highest BCUT2D eigenvalue weighted by Crippen LogP contribution is 2.40. The van der Waals surface area contributed by atoms with Crippen molar-refractivity contribution in [2.24, 2.45) is 0 Å². The predicted molar refractivity (Wildman–Crippen MR) is 108 cm³/mol. The van der Waals surface area contributed by atoms with Crippen LogP contribution in [0.25, 0.3) is 11.3 Å². The lowest BCUT2D eigenvalue weighted by Gasteiger charge is -2.19. The fourth-order valence-corrected chi connectivity index (χ4v) is 3.95. The van der Waals surface area contributed by atoms with E-state index < -0.39 is 0 Å². The van der Waals surface area contributed by atoms with Crippen LogP contribution in [0.2, 0.25) is 0 Å². The Kier molecular flexibility index (Phi) is 4.53. The van der Waals surface area contributed by atoms with E-state index in [1.807, 2.05) is 24.5 Å². The van der Waals surface area contributed by atoms with E-state index in [-0.39, 0.29) is 5.75 Å². The van der Waals surface area contributed by atoms with Gasteiger partial charge in [0.2, 0.25) is 0 Å². The first-order chi connectivity index (χ1) is 13.8. The summed E-state index contributed by atoms with van der Waals surface area (Å²) in [5.74, 6) is 1.82. The molecule has 142 valence electrons. The van der Waals surface area contributed by atoms with Crippen molar-refractivity contribution < 1.29 is 5.11 Å². The zero-order chi connectivity index (χ0) is 18.9. The third kappa shape index (κ3) is 3.62. The van der Waals surface area contributed by atoms with E-state index in [0.29, 0.717) is 5.92 Å². The molecule has 0 bridgehead atoms. The number of hydrogen-bond acceptors (Lipinski definition) is 5. The van der Waals surface area contributed by atoms with Gasteiger partial charge in [0.25, 0.3) is 0 Å². The fourth-order valence-electron chi connectivity index (χ4n) is 3.95. The van der Waals surface area contributed by atoms with Gasteiger partial charge < -0.3 is 5.11 Å². The summed E-state index contributed by atoms with van der Waals surface area (Å²) in [7, 11) is 0. The van der Waals surface area contributed by atoms with Crippen molar-refractivity contribution in [2.45, 2.75) is 38.1 Å². The Morgan fingerprint density at radius 3 is 2.43 bits per heavy atom. The van der Waals surface area contributed by atoms with Gasteiger partial charge in [-0.2, -0.15) is 0 Å². The molecule has 28 heavy (non-hydrogen) atoms. The second-order valence-corrected chi connectivity index (χ2v) is 7.81. The van der Waals surface area contributed by atoms with Gasteiger partial charge in [0.05, 0.1) is 5.69 Å². The van der Waals surface area contributed by atoms with Gasteiger partial charge in [0.15, 0.2) is 0 Å². The van der Waals surface area contributed by atoms with Crippen LogP contribution >= 0.6 is 0 Å². The van der Waals surface area contributed by atoms with Crippen LogP contribution in [0.1, 0.15) is 41.4 Å². The smallest absolute Gasteiger partial charge is 0.132 e. The average molecular weight is 372 g/mol. The molecule has 1 aliphatic heterocycles. The van der Waals surface area contributed by atoms with Crippen LogP contribution in [-0.4, -0.2) is 38.0 Å². The highest BCUT2D eigenvalue weighted by atomic mass is 16.3. The summed E-state index contributed by atoms with van der Waals surface area (Å²) < 4.78 is 0. The topological polar surface area (TPSA) is 62.1 Å². The molecule has 2 aliphatic rings. The first-order valence-electron chi connectivity index (χ1n) is 10.1. The van der Waals surface area contributed by atoms with Crippen LogP contribution < -0.4 is 0 Å². The number of nitrogens with zero attached hydrogens (tertiary/aromatic N) is 4. The van der Waals surface area contributed by atoms with Crippen molar-refractivity contribution in [2.75, 3.05) is 13.1 Å². The zero-order valence-corrected chi connectivity index (χ0v) is 15.9. The second kappa shape index (κ2) is 7.32. The largest absolute Gasteiger partial charge is 0.508 e. The molecule has 2 aromatic heterocycles.